The first-order valence-electron chi connectivity index (χ1n) is 6.94. The van der Waals surface area contributed by atoms with E-state index in [1.807, 2.05) is 6.92 Å². The molecule has 1 unspecified atom stereocenters. The van der Waals surface area contributed by atoms with Crippen LogP contribution < -0.4 is 10.6 Å². The van der Waals surface area contributed by atoms with Gasteiger partial charge in [-0.3, -0.25) is 14.9 Å². The molecule has 1 amide bonds. The van der Waals surface area contributed by atoms with E-state index in [9.17, 15) is 19.3 Å². The molecule has 1 heterocycles. The van der Waals surface area contributed by atoms with Gasteiger partial charge in [0.05, 0.1) is 22.1 Å². The number of non-ortho nitro benzene ring substituents is 1. The molecule has 0 aromatic heterocycles. The Morgan fingerprint density at radius 1 is 1.57 bits per heavy atom. The van der Waals surface area contributed by atoms with Gasteiger partial charge in [-0.1, -0.05) is 6.92 Å². The van der Waals surface area contributed by atoms with Gasteiger partial charge in [-0.25, -0.2) is 4.39 Å². The molecule has 2 rings (SSSR count). The van der Waals surface area contributed by atoms with Crippen LogP contribution in [0.15, 0.2) is 18.2 Å². The minimum absolute atomic E-state index is 0.0241. The highest BCUT2D eigenvalue weighted by atomic mass is 19.1. The largest absolute Gasteiger partial charge is 0.323 e. The molecule has 0 bridgehead atoms. The van der Waals surface area contributed by atoms with Crippen molar-refractivity contribution in [3.63, 3.8) is 0 Å². The van der Waals surface area contributed by atoms with E-state index in [4.69, 9.17) is 0 Å². The minimum Gasteiger partial charge on any atom is -0.323 e. The van der Waals surface area contributed by atoms with Crippen LogP contribution in [0.25, 0.3) is 0 Å². The van der Waals surface area contributed by atoms with Gasteiger partial charge in [-0.15, -0.1) is 0 Å². The van der Waals surface area contributed by atoms with Crippen LogP contribution in [0.2, 0.25) is 0 Å². The van der Waals surface area contributed by atoms with Gasteiger partial charge in [0.25, 0.3) is 5.69 Å². The Morgan fingerprint density at radius 3 is 2.86 bits per heavy atom. The van der Waals surface area contributed by atoms with Gasteiger partial charge in [0.1, 0.15) is 0 Å². The summed E-state index contributed by atoms with van der Waals surface area (Å²) in [4.78, 5) is 22.3. The SMILES string of the molecule is CCC1(C(=O)Nc2ccc([N+](=O)[O-])cc2F)CCCNC1. The Kier molecular flexibility index (Phi) is 4.52. The van der Waals surface area contributed by atoms with Crippen LogP contribution in [0, 0.1) is 21.3 Å². The first-order valence-corrected chi connectivity index (χ1v) is 6.94. The molecular formula is C14H18FN3O3. The molecule has 1 atom stereocenters. The molecule has 6 nitrogen and oxygen atoms in total. The Hall–Kier alpha value is -2.02. The van der Waals surface area contributed by atoms with E-state index in [1.54, 1.807) is 0 Å². The third kappa shape index (κ3) is 3.18. The van der Waals surface area contributed by atoms with Crippen molar-refractivity contribution in [1.82, 2.24) is 5.32 Å². The fourth-order valence-electron chi connectivity index (χ4n) is 2.60. The molecule has 1 aromatic carbocycles. The number of piperidine rings is 1. The third-order valence-electron chi connectivity index (χ3n) is 4.04. The average Bonchev–Trinajstić information content (AvgIpc) is 2.49. The monoisotopic (exact) mass is 295 g/mol. The number of benzene rings is 1. The second-order valence-corrected chi connectivity index (χ2v) is 5.29. The van der Waals surface area contributed by atoms with Crippen LogP contribution in [0.5, 0.6) is 0 Å². The lowest BCUT2D eigenvalue weighted by molar-refractivity contribution is -0.385. The van der Waals surface area contributed by atoms with Gasteiger partial charge in [0.15, 0.2) is 5.82 Å². The number of carbonyl (C=O) groups excluding carboxylic acids is 1. The lowest BCUT2D eigenvalue weighted by atomic mass is 9.77. The molecule has 1 aromatic rings. The smallest absolute Gasteiger partial charge is 0.272 e. The molecule has 114 valence electrons. The number of nitro groups is 1. The van der Waals surface area contributed by atoms with Crippen molar-refractivity contribution in [2.24, 2.45) is 5.41 Å². The van der Waals surface area contributed by atoms with Gasteiger partial charge in [-0.2, -0.15) is 0 Å². The highest BCUT2D eigenvalue weighted by Crippen LogP contribution is 2.32. The zero-order chi connectivity index (χ0) is 15.5. The number of carbonyl (C=O) groups is 1. The number of amides is 1. The summed E-state index contributed by atoms with van der Waals surface area (Å²) in [7, 11) is 0. The van der Waals surface area contributed by atoms with Gasteiger partial charge in [-0.05, 0) is 31.9 Å². The first kappa shape index (κ1) is 15.4. The molecule has 7 heteroatoms. The molecule has 0 radical (unpaired) electrons. The van der Waals surface area contributed by atoms with Crippen LogP contribution in [0.4, 0.5) is 15.8 Å². The molecule has 0 saturated carbocycles. The number of nitro benzene ring substituents is 1. The molecule has 1 fully saturated rings. The van der Waals surface area contributed by atoms with Crippen molar-refractivity contribution in [3.05, 3.63) is 34.1 Å². The fraction of sp³-hybridized carbons (Fsp3) is 0.500. The molecule has 0 aliphatic carbocycles. The summed E-state index contributed by atoms with van der Waals surface area (Å²) in [5, 5.41) is 16.3. The van der Waals surface area contributed by atoms with Crippen LogP contribution in [-0.2, 0) is 4.79 Å². The van der Waals surface area contributed by atoms with E-state index in [-0.39, 0.29) is 17.3 Å². The predicted octanol–water partition coefficient (Wildman–Crippen LogP) is 2.45. The number of anilines is 1. The van der Waals surface area contributed by atoms with Gasteiger partial charge < -0.3 is 10.6 Å². The molecule has 0 spiro atoms. The van der Waals surface area contributed by atoms with E-state index < -0.39 is 16.2 Å². The maximum atomic E-state index is 13.8. The quantitative estimate of drug-likeness (QED) is 0.660. The number of rotatable bonds is 4. The summed E-state index contributed by atoms with van der Waals surface area (Å²) in [6.07, 6.45) is 2.29. The Labute approximate surface area is 121 Å². The minimum atomic E-state index is -0.799. The van der Waals surface area contributed by atoms with Crippen LogP contribution >= 0.6 is 0 Å². The van der Waals surface area contributed by atoms with Crippen molar-refractivity contribution < 1.29 is 14.1 Å². The van der Waals surface area contributed by atoms with Crippen LogP contribution in [-0.4, -0.2) is 23.9 Å². The maximum absolute atomic E-state index is 13.8. The van der Waals surface area contributed by atoms with Crippen LogP contribution in [0.3, 0.4) is 0 Å². The topological polar surface area (TPSA) is 84.3 Å². The normalized spacial score (nSPS) is 21.8. The van der Waals surface area contributed by atoms with E-state index >= 15 is 0 Å². The molecule has 1 saturated heterocycles. The van der Waals surface area contributed by atoms with Crippen molar-refractivity contribution in [3.8, 4) is 0 Å². The van der Waals surface area contributed by atoms with Gasteiger partial charge in [0.2, 0.25) is 5.91 Å². The summed E-state index contributed by atoms with van der Waals surface area (Å²) in [6, 6.07) is 3.22. The van der Waals surface area contributed by atoms with Crippen molar-refractivity contribution >= 4 is 17.3 Å². The zero-order valence-electron chi connectivity index (χ0n) is 11.8. The highest BCUT2D eigenvalue weighted by molar-refractivity contribution is 5.95. The summed E-state index contributed by atoms with van der Waals surface area (Å²) < 4.78 is 13.8. The summed E-state index contributed by atoms with van der Waals surface area (Å²) in [6.45, 7) is 3.36. The highest BCUT2D eigenvalue weighted by Gasteiger charge is 2.38. The van der Waals surface area contributed by atoms with Gasteiger partial charge in [0, 0.05) is 12.6 Å². The van der Waals surface area contributed by atoms with E-state index in [0.717, 1.165) is 25.5 Å². The van der Waals surface area contributed by atoms with Gasteiger partial charge >= 0.3 is 0 Å². The zero-order valence-corrected chi connectivity index (χ0v) is 11.8. The lowest BCUT2D eigenvalue weighted by Crippen LogP contribution is -2.47. The van der Waals surface area contributed by atoms with Crippen molar-refractivity contribution in [2.45, 2.75) is 26.2 Å². The first-order chi connectivity index (χ1) is 9.98. The average molecular weight is 295 g/mol. The summed E-state index contributed by atoms with van der Waals surface area (Å²) >= 11 is 0. The summed E-state index contributed by atoms with van der Waals surface area (Å²) in [5.74, 6) is -1.04. The second-order valence-electron chi connectivity index (χ2n) is 5.29. The number of hydrogen-bond acceptors (Lipinski definition) is 4. The Bertz CT molecular complexity index is 556. The van der Waals surface area contributed by atoms with E-state index in [2.05, 4.69) is 10.6 Å². The standard InChI is InChI=1S/C14H18FN3O3/c1-2-14(6-3-7-16-9-14)13(19)17-12-5-4-10(18(20)21)8-11(12)15/h4-5,8,16H,2-3,6-7,9H2,1H3,(H,17,19). The van der Waals surface area contributed by atoms with E-state index in [1.165, 1.54) is 12.1 Å². The number of hydrogen-bond donors (Lipinski definition) is 2. The number of nitrogens with zero attached hydrogens (tertiary/aromatic N) is 1. The molecule has 2 N–H and O–H groups in total. The van der Waals surface area contributed by atoms with Crippen molar-refractivity contribution in [2.75, 3.05) is 18.4 Å². The summed E-state index contributed by atoms with van der Waals surface area (Å²) in [5.41, 5.74) is -0.911. The Balaban J connectivity index is 2.17. The molecular weight excluding hydrogens is 277 g/mol. The fourth-order valence-corrected chi connectivity index (χ4v) is 2.60. The second kappa shape index (κ2) is 6.17. The molecule has 1 aliphatic heterocycles. The number of nitrogens with one attached hydrogen (secondary N) is 2. The maximum Gasteiger partial charge on any atom is 0.272 e. The van der Waals surface area contributed by atoms with E-state index in [0.29, 0.717) is 13.0 Å². The molecule has 1 aliphatic rings. The third-order valence-corrected chi connectivity index (χ3v) is 4.04. The van der Waals surface area contributed by atoms with Crippen LogP contribution in [0.1, 0.15) is 26.2 Å². The predicted molar refractivity (Wildman–Crippen MR) is 76.5 cm³/mol. The lowest BCUT2D eigenvalue weighted by Gasteiger charge is -2.35. The molecule has 21 heavy (non-hydrogen) atoms. The number of halogens is 1. The Morgan fingerprint density at radius 2 is 2.33 bits per heavy atom. The van der Waals surface area contributed by atoms with Crippen molar-refractivity contribution in [1.29, 1.82) is 0 Å².